The number of hydrogen-bond acceptors (Lipinski definition) is 4. The first-order chi connectivity index (χ1) is 10.1. The molecule has 0 aromatic carbocycles. The van der Waals surface area contributed by atoms with Crippen LogP contribution in [0.2, 0.25) is 0 Å². The van der Waals surface area contributed by atoms with Gasteiger partial charge in [0.05, 0.1) is 22.3 Å². The van der Waals surface area contributed by atoms with Gasteiger partial charge in [0.1, 0.15) is 0 Å². The van der Waals surface area contributed by atoms with Gasteiger partial charge in [0.2, 0.25) is 0 Å². The van der Waals surface area contributed by atoms with Gasteiger partial charge in [-0.2, -0.15) is 0 Å². The van der Waals surface area contributed by atoms with E-state index in [4.69, 9.17) is 4.74 Å². The first-order valence-corrected chi connectivity index (χ1v) is 7.81. The topological polar surface area (TPSA) is 101 Å². The molecule has 0 aromatic heterocycles. The minimum atomic E-state index is -1.09. The lowest BCUT2D eigenvalue weighted by Gasteiger charge is -2.62. The van der Waals surface area contributed by atoms with Crippen LogP contribution in [0.1, 0.15) is 52.4 Å². The molecule has 4 saturated carbocycles. The van der Waals surface area contributed by atoms with E-state index in [1.807, 2.05) is 0 Å². The maximum absolute atomic E-state index is 12.6. The number of carboxylic acid groups (broad SMARTS) is 2. The van der Waals surface area contributed by atoms with Crippen molar-refractivity contribution in [2.75, 3.05) is 0 Å². The molecule has 0 aromatic rings. The predicted octanol–water partition coefficient (Wildman–Crippen LogP) is 2.06. The number of carbonyl (C=O) groups is 3. The molecule has 6 nitrogen and oxygen atoms in total. The van der Waals surface area contributed by atoms with E-state index in [1.54, 1.807) is 13.8 Å². The molecule has 2 unspecified atom stereocenters. The molecule has 2 atom stereocenters. The molecule has 4 fully saturated rings. The van der Waals surface area contributed by atoms with Crippen LogP contribution in [-0.4, -0.2) is 34.2 Å². The lowest BCUT2D eigenvalue weighted by Crippen LogP contribution is -2.63. The van der Waals surface area contributed by atoms with Gasteiger partial charge in [0.15, 0.2) is 0 Å². The Kier molecular flexibility index (Phi) is 3.10. The Morgan fingerprint density at radius 3 is 1.73 bits per heavy atom. The molecule has 6 heteroatoms. The third-order valence-electron chi connectivity index (χ3n) is 5.75. The number of carbonyl (C=O) groups excluding carboxylic acids is 1. The second-order valence-electron chi connectivity index (χ2n) is 7.91. The molecule has 4 bridgehead atoms. The Morgan fingerprint density at radius 2 is 1.32 bits per heavy atom. The standard InChI is InChI=1S/C16H22O6/c1-9(2)22-13(21)16-5-10-3-14(7-16,11(17)18)6-15(4-10,8-16)12(19)20/h9-10H,3-8H2,1-2H3,(H,17,18)(H,19,20). The Hall–Kier alpha value is -1.59. The number of esters is 1. The molecule has 0 saturated heterocycles. The second-order valence-corrected chi connectivity index (χ2v) is 7.91. The molecule has 0 radical (unpaired) electrons. The van der Waals surface area contributed by atoms with E-state index in [1.165, 1.54) is 0 Å². The van der Waals surface area contributed by atoms with E-state index in [-0.39, 0.29) is 31.3 Å². The van der Waals surface area contributed by atoms with E-state index in [2.05, 4.69) is 0 Å². The van der Waals surface area contributed by atoms with Crippen molar-refractivity contribution in [2.24, 2.45) is 22.2 Å². The van der Waals surface area contributed by atoms with Gasteiger partial charge in [-0.15, -0.1) is 0 Å². The predicted molar refractivity (Wildman–Crippen MR) is 75.0 cm³/mol. The van der Waals surface area contributed by atoms with Crippen molar-refractivity contribution in [3.63, 3.8) is 0 Å². The van der Waals surface area contributed by atoms with E-state index >= 15 is 0 Å². The van der Waals surface area contributed by atoms with E-state index in [0.29, 0.717) is 19.3 Å². The Bertz CT molecular complexity index is 521. The summed E-state index contributed by atoms with van der Waals surface area (Å²) in [6.07, 6.45) is 1.80. The van der Waals surface area contributed by atoms with Crippen molar-refractivity contribution < 1.29 is 29.3 Å². The van der Waals surface area contributed by atoms with Gasteiger partial charge < -0.3 is 14.9 Å². The van der Waals surface area contributed by atoms with Crippen LogP contribution >= 0.6 is 0 Å². The van der Waals surface area contributed by atoms with Crippen molar-refractivity contribution in [1.29, 1.82) is 0 Å². The van der Waals surface area contributed by atoms with Crippen LogP contribution in [0.5, 0.6) is 0 Å². The van der Waals surface area contributed by atoms with Crippen LogP contribution in [0.25, 0.3) is 0 Å². The molecule has 4 rings (SSSR count). The highest BCUT2D eigenvalue weighted by molar-refractivity contribution is 5.86. The lowest BCUT2D eigenvalue weighted by molar-refractivity contribution is -0.212. The summed E-state index contributed by atoms with van der Waals surface area (Å²) < 4.78 is 5.36. The summed E-state index contributed by atoms with van der Waals surface area (Å²) in [7, 11) is 0. The van der Waals surface area contributed by atoms with Gasteiger partial charge in [0, 0.05) is 0 Å². The largest absolute Gasteiger partial charge is 0.481 e. The summed E-state index contributed by atoms with van der Waals surface area (Å²) in [5, 5.41) is 19.4. The highest BCUT2D eigenvalue weighted by atomic mass is 16.5. The Balaban J connectivity index is 2.04. The van der Waals surface area contributed by atoms with Gasteiger partial charge in [-0.05, 0) is 58.3 Å². The van der Waals surface area contributed by atoms with E-state index in [0.717, 1.165) is 0 Å². The molecule has 122 valence electrons. The number of rotatable bonds is 4. The molecular formula is C16H22O6. The molecule has 4 aliphatic carbocycles. The third kappa shape index (κ3) is 1.96. The van der Waals surface area contributed by atoms with Gasteiger partial charge >= 0.3 is 17.9 Å². The minimum Gasteiger partial charge on any atom is -0.481 e. The normalized spacial score (nSPS) is 42.4. The van der Waals surface area contributed by atoms with Crippen LogP contribution < -0.4 is 0 Å². The number of aliphatic carboxylic acids is 2. The molecule has 0 amide bonds. The van der Waals surface area contributed by atoms with Crippen LogP contribution in [0.15, 0.2) is 0 Å². The van der Waals surface area contributed by atoms with Crippen molar-refractivity contribution >= 4 is 17.9 Å². The SMILES string of the molecule is CC(C)OC(=O)C12CC3CC(C(=O)O)(CC(C(=O)O)(C3)C1)C2. The zero-order valence-electron chi connectivity index (χ0n) is 12.9. The Morgan fingerprint density at radius 1 is 0.909 bits per heavy atom. The van der Waals surface area contributed by atoms with Crippen molar-refractivity contribution in [3.8, 4) is 0 Å². The first kappa shape index (κ1) is 15.3. The number of ether oxygens (including phenoxy) is 1. The Labute approximate surface area is 128 Å². The van der Waals surface area contributed by atoms with Crippen molar-refractivity contribution in [3.05, 3.63) is 0 Å². The monoisotopic (exact) mass is 310 g/mol. The molecule has 2 N–H and O–H groups in total. The zero-order chi connectivity index (χ0) is 16.3. The summed E-state index contributed by atoms with van der Waals surface area (Å²) >= 11 is 0. The average Bonchev–Trinajstić information content (AvgIpc) is 2.36. The molecule has 0 spiro atoms. The molecule has 22 heavy (non-hydrogen) atoms. The van der Waals surface area contributed by atoms with Crippen LogP contribution in [-0.2, 0) is 19.1 Å². The molecule has 0 heterocycles. The van der Waals surface area contributed by atoms with Crippen molar-refractivity contribution in [1.82, 2.24) is 0 Å². The van der Waals surface area contributed by atoms with Crippen molar-refractivity contribution in [2.45, 2.75) is 58.5 Å². The quantitative estimate of drug-likeness (QED) is 0.771. The van der Waals surface area contributed by atoms with E-state index in [9.17, 15) is 24.6 Å². The van der Waals surface area contributed by atoms with Gasteiger partial charge in [0.25, 0.3) is 0 Å². The highest BCUT2D eigenvalue weighted by Crippen LogP contribution is 2.70. The molecule has 4 aliphatic rings. The summed E-state index contributed by atoms with van der Waals surface area (Å²) in [6.45, 7) is 3.50. The zero-order valence-corrected chi connectivity index (χ0v) is 12.9. The molecule has 0 aliphatic heterocycles. The summed E-state index contributed by atoms with van der Waals surface area (Å²) in [5.74, 6) is -2.38. The highest BCUT2D eigenvalue weighted by Gasteiger charge is 2.70. The number of hydrogen-bond donors (Lipinski definition) is 2. The fraction of sp³-hybridized carbons (Fsp3) is 0.812. The van der Waals surface area contributed by atoms with E-state index < -0.39 is 34.2 Å². The van der Waals surface area contributed by atoms with Gasteiger partial charge in [-0.3, -0.25) is 14.4 Å². The lowest BCUT2D eigenvalue weighted by atomic mass is 9.39. The smallest absolute Gasteiger partial charge is 0.312 e. The van der Waals surface area contributed by atoms with Crippen LogP contribution in [0.4, 0.5) is 0 Å². The first-order valence-electron chi connectivity index (χ1n) is 7.81. The van der Waals surface area contributed by atoms with Gasteiger partial charge in [-0.25, -0.2) is 0 Å². The average molecular weight is 310 g/mol. The summed E-state index contributed by atoms with van der Waals surface area (Å²) in [6, 6.07) is 0. The maximum Gasteiger partial charge on any atom is 0.312 e. The van der Waals surface area contributed by atoms with Crippen LogP contribution in [0.3, 0.4) is 0 Å². The maximum atomic E-state index is 12.6. The second kappa shape index (κ2) is 4.46. The number of carboxylic acids is 2. The molecular weight excluding hydrogens is 288 g/mol. The summed E-state index contributed by atoms with van der Waals surface area (Å²) in [5.41, 5.74) is -3.12. The van der Waals surface area contributed by atoms with Gasteiger partial charge in [-0.1, -0.05) is 0 Å². The van der Waals surface area contributed by atoms with Crippen LogP contribution in [0, 0.1) is 22.2 Å². The summed E-state index contributed by atoms with van der Waals surface area (Å²) in [4.78, 5) is 36.3. The third-order valence-corrected chi connectivity index (χ3v) is 5.75. The minimum absolute atomic E-state index is 0.0248. The fourth-order valence-electron chi connectivity index (χ4n) is 5.48. The fourth-order valence-corrected chi connectivity index (χ4v) is 5.48.